The minimum Gasteiger partial charge on any atom is -0.427 e. The molecule has 20 heavy (non-hydrogen) atoms. The summed E-state index contributed by atoms with van der Waals surface area (Å²) in [5.74, 6) is 0. The molecule has 0 saturated carbocycles. The summed E-state index contributed by atoms with van der Waals surface area (Å²) >= 11 is 0. The largest absolute Gasteiger partial charge is 0.456 e. The van der Waals surface area contributed by atoms with Gasteiger partial charge in [0, 0.05) is 18.6 Å². The summed E-state index contributed by atoms with van der Waals surface area (Å²) in [5, 5.41) is 15.2. The van der Waals surface area contributed by atoms with Crippen molar-refractivity contribution in [2.24, 2.45) is 5.41 Å². The second-order valence-electron chi connectivity index (χ2n) is 5.00. The molecule has 0 aromatic rings. The van der Waals surface area contributed by atoms with Crippen molar-refractivity contribution in [1.29, 1.82) is 0 Å². The highest BCUT2D eigenvalue weighted by Crippen LogP contribution is 2.20. The molecule has 0 spiro atoms. The van der Waals surface area contributed by atoms with Gasteiger partial charge in [-0.3, -0.25) is 0 Å². The topological polar surface area (TPSA) is 77.4 Å². The quantitative estimate of drug-likeness (QED) is 0.661. The van der Waals surface area contributed by atoms with Gasteiger partial charge in [-0.2, -0.15) is 0 Å². The van der Waals surface area contributed by atoms with Crippen LogP contribution < -0.4 is 0 Å². The molecule has 120 valence electrons. The molecule has 9 heteroatoms. The Labute approximate surface area is 125 Å². The first kappa shape index (κ1) is 24.9. The van der Waals surface area contributed by atoms with Crippen molar-refractivity contribution in [2.75, 3.05) is 20.0 Å². The number of hydrogen-bond donors (Lipinski definition) is 2. The van der Waals surface area contributed by atoms with E-state index in [1.54, 1.807) is 0 Å². The predicted molar refractivity (Wildman–Crippen MR) is 85.5 cm³/mol. The van der Waals surface area contributed by atoms with Crippen LogP contribution in [-0.2, 0) is 18.6 Å². The molecule has 0 atom stereocenters. The molecular formula is C11H31B3O6. The average Bonchev–Trinajstić information content (AvgIpc) is 2.20. The van der Waals surface area contributed by atoms with Crippen LogP contribution in [0.15, 0.2) is 0 Å². The molecule has 2 rings (SSSR count). The summed E-state index contributed by atoms with van der Waals surface area (Å²) in [6.07, 6.45) is 0. The van der Waals surface area contributed by atoms with Gasteiger partial charge in [-0.15, -0.1) is 0 Å². The number of rotatable bonds is 0. The van der Waals surface area contributed by atoms with Crippen molar-refractivity contribution in [2.45, 2.75) is 49.2 Å². The zero-order valence-electron chi connectivity index (χ0n) is 11.9. The van der Waals surface area contributed by atoms with Gasteiger partial charge in [-0.25, -0.2) is 0 Å². The minimum atomic E-state index is -1.17. The van der Waals surface area contributed by atoms with Crippen LogP contribution in [0.5, 0.6) is 0 Å². The minimum absolute atomic E-state index is 0. The van der Waals surface area contributed by atoms with Crippen LogP contribution in [-0.4, -0.2) is 51.4 Å². The van der Waals surface area contributed by atoms with Gasteiger partial charge < -0.3 is 28.7 Å². The molecule has 2 aliphatic heterocycles. The van der Waals surface area contributed by atoms with Gasteiger partial charge in [0.05, 0.1) is 0 Å². The van der Waals surface area contributed by atoms with E-state index in [0.717, 1.165) is 13.2 Å². The fraction of sp³-hybridized carbons (Fsp3) is 1.00. The van der Waals surface area contributed by atoms with E-state index in [9.17, 15) is 0 Å². The van der Waals surface area contributed by atoms with Gasteiger partial charge in [0.25, 0.3) is 0 Å². The fourth-order valence-electron chi connectivity index (χ4n) is 0.980. The van der Waals surface area contributed by atoms with E-state index in [-0.39, 0.29) is 34.5 Å². The van der Waals surface area contributed by atoms with Crippen LogP contribution in [0.4, 0.5) is 0 Å². The Morgan fingerprint density at radius 3 is 1.35 bits per heavy atom. The molecule has 2 N–H and O–H groups in total. The second kappa shape index (κ2) is 12.7. The van der Waals surface area contributed by atoms with Crippen molar-refractivity contribution >= 4 is 21.4 Å². The van der Waals surface area contributed by atoms with Crippen molar-refractivity contribution in [3.05, 3.63) is 0 Å². The molecule has 6 nitrogen and oxygen atoms in total. The first-order chi connectivity index (χ1) is 8.23. The van der Waals surface area contributed by atoms with Crippen molar-refractivity contribution < 1.29 is 28.7 Å². The Hall–Kier alpha value is -0.0452. The SMILES string of the molecule is C.C.CB(O)O.CB1OCC(C)(C)CO1.CB1OCO1. The van der Waals surface area contributed by atoms with Gasteiger partial charge in [0.2, 0.25) is 0 Å². The Bertz CT molecular complexity index is 202. The highest BCUT2D eigenvalue weighted by atomic mass is 16.8. The molecule has 2 saturated heterocycles. The van der Waals surface area contributed by atoms with E-state index in [2.05, 4.69) is 13.8 Å². The van der Waals surface area contributed by atoms with Crippen molar-refractivity contribution in [3.63, 3.8) is 0 Å². The summed E-state index contributed by atoms with van der Waals surface area (Å²) in [6.45, 7) is 11.5. The standard InChI is InChI=1S/C6H13BO2.C2H5BO2.CH5BO2.2CH4/c1-6(2)4-8-7(3)9-5-6;1-3-4-2-5-3;1-2(3)4;;/h4-5H2,1-3H3;2H2,1H3;3-4H,1H3;2*1H4. The third-order valence-corrected chi connectivity index (χ3v) is 2.02. The van der Waals surface area contributed by atoms with Gasteiger partial charge in [-0.1, -0.05) is 28.7 Å². The summed E-state index contributed by atoms with van der Waals surface area (Å²) in [6, 6.07) is 0. The maximum atomic E-state index is 7.61. The molecule has 0 bridgehead atoms. The van der Waals surface area contributed by atoms with Crippen LogP contribution in [0.25, 0.3) is 0 Å². The molecule has 0 aromatic carbocycles. The van der Waals surface area contributed by atoms with E-state index in [1.807, 2.05) is 13.6 Å². The van der Waals surface area contributed by atoms with E-state index < -0.39 is 7.12 Å². The molecule has 0 radical (unpaired) electrons. The van der Waals surface area contributed by atoms with Gasteiger partial charge in [-0.05, 0) is 20.5 Å². The maximum Gasteiger partial charge on any atom is 0.456 e. The fourth-order valence-corrected chi connectivity index (χ4v) is 0.980. The second-order valence-corrected chi connectivity index (χ2v) is 5.00. The van der Waals surface area contributed by atoms with Crippen LogP contribution in [0.1, 0.15) is 28.7 Å². The average molecular weight is 292 g/mol. The third-order valence-electron chi connectivity index (χ3n) is 2.02. The summed E-state index contributed by atoms with van der Waals surface area (Å²) < 4.78 is 20.0. The third kappa shape index (κ3) is 16.0. The molecule has 0 aromatic heterocycles. The Morgan fingerprint density at radius 2 is 1.20 bits per heavy atom. The van der Waals surface area contributed by atoms with Crippen LogP contribution >= 0.6 is 0 Å². The smallest absolute Gasteiger partial charge is 0.427 e. The summed E-state index contributed by atoms with van der Waals surface area (Å²) in [7, 11) is -1.10. The van der Waals surface area contributed by atoms with E-state index in [1.165, 1.54) is 6.82 Å². The Morgan fingerprint density at radius 1 is 0.900 bits per heavy atom. The molecule has 0 amide bonds. The highest BCUT2D eigenvalue weighted by Gasteiger charge is 2.28. The number of hydrogen-bond acceptors (Lipinski definition) is 6. The van der Waals surface area contributed by atoms with Gasteiger partial charge >= 0.3 is 21.4 Å². The van der Waals surface area contributed by atoms with Crippen molar-refractivity contribution in [3.8, 4) is 0 Å². The lowest BCUT2D eigenvalue weighted by atomic mass is 9.86. The van der Waals surface area contributed by atoms with Crippen LogP contribution in [0.3, 0.4) is 0 Å². The van der Waals surface area contributed by atoms with Crippen molar-refractivity contribution in [1.82, 2.24) is 0 Å². The maximum absolute atomic E-state index is 7.61. The van der Waals surface area contributed by atoms with Crippen LogP contribution in [0.2, 0.25) is 20.5 Å². The normalized spacial score (nSPS) is 18.8. The lowest BCUT2D eigenvalue weighted by Gasteiger charge is -2.31. The summed E-state index contributed by atoms with van der Waals surface area (Å²) in [4.78, 5) is 0. The van der Waals surface area contributed by atoms with E-state index in [0.29, 0.717) is 6.79 Å². The summed E-state index contributed by atoms with van der Waals surface area (Å²) in [5.41, 5.74) is 0.215. The molecule has 2 fully saturated rings. The van der Waals surface area contributed by atoms with Gasteiger partial charge in [0.1, 0.15) is 6.79 Å². The zero-order chi connectivity index (χ0) is 14.2. The van der Waals surface area contributed by atoms with Gasteiger partial charge in [0.15, 0.2) is 0 Å². The highest BCUT2D eigenvalue weighted by molar-refractivity contribution is 6.44. The molecule has 2 heterocycles. The lowest BCUT2D eigenvalue weighted by Crippen LogP contribution is -2.38. The molecule has 2 aliphatic rings. The van der Waals surface area contributed by atoms with E-state index in [4.69, 9.17) is 28.7 Å². The zero-order valence-corrected chi connectivity index (χ0v) is 11.9. The first-order valence-electron chi connectivity index (χ1n) is 6.05. The van der Waals surface area contributed by atoms with Crippen LogP contribution in [0, 0.1) is 5.41 Å². The molecular weight excluding hydrogens is 261 g/mol. The Balaban J connectivity index is -0.000000228. The predicted octanol–water partition coefficient (Wildman–Crippen LogP) is 1.65. The first-order valence-corrected chi connectivity index (χ1v) is 6.05. The lowest BCUT2D eigenvalue weighted by molar-refractivity contribution is -0.00865. The monoisotopic (exact) mass is 292 g/mol. The van der Waals surface area contributed by atoms with E-state index >= 15 is 0 Å². The molecule has 0 unspecified atom stereocenters. The Kier molecular flexibility index (Phi) is 15.8. The molecule has 0 aliphatic carbocycles.